The highest BCUT2D eigenvalue weighted by atomic mass is 32.2. The van der Waals surface area contributed by atoms with Gasteiger partial charge in [-0.05, 0) is 19.8 Å². The highest BCUT2D eigenvalue weighted by molar-refractivity contribution is 7.95. The zero-order valence-electron chi connectivity index (χ0n) is 10.5. The molecule has 0 unspecified atom stereocenters. The van der Waals surface area contributed by atoms with Gasteiger partial charge in [0.2, 0.25) is 10.0 Å². The Kier molecular flexibility index (Phi) is 3.52. The molecule has 2 aliphatic heterocycles. The van der Waals surface area contributed by atoms with Crippen LogP contribution >= 0.6 is 0 Å². The normalized spacial score (nSPS) is 37.4. The lowest BCUT2D eigenvalue weighted by Gasteiger charge is -2.25. The van der Waals surface area contributed by atoms with Crippen LogP contribution in [0.15, 0.2) is 0 Å². The van der Waals surface area contributed by atoms with Gasteiger partial charge in [0.15, 0.2) is 19.7 Å². The van der Waals surface area contributed by atoms with Gasteiger partial charge in [-0.2, -0.15) is 0 Å². The zero-order valence-corrected chi connectivity index (χ0v) is 12.9. The predicted octanol–water partition coefficient (Wildman–Crippen LogP) is -1.33. The summed E-state index contributed by atoms with van der Waals surface area (Å²) in [6, 6.07) is 0. The molecule has 19 heavy (non-hydrogen) atoms. The highest BCUT2D eigenvalue weighted by Crippen LogP contribution is 2.26. The van der Waals surface area contributed by atoms with Crippen molar-refractivity contribution in [2.24, 2.45) is 0 Å². The smallest absolute Gasteiger partial charge is 0.216 e. The molecular formula is C9H17NO6S3. The van der Waals surface area contributed by atoms with Crippen molar-refractivity contribution in [1.82, 2.24) is 4.72 Å². The molecule has 2 aliphatic rings. The zero-order chi connectivity index (χ0) is 14.5. The lowest BCUT2D eigenvalue weighted by Crippen LogP contribution is -2.50. The van der Waals surface area contributed by atoms with E-state index in [1.807, 2.05) is 0 Å². The van der Waals surface area contributed by atoms with Crippen LogP contribution in [0.4, 0.5) is 0 Å². The molecule has 112 valence electrons. The third kappa shape index (κ3) is 3.47. The Labute approximate surface area is 113 Å². The molecule has 2 atom stereocenters. The monoisotopic (exact) mass is 331 g/mol. The van der Waals surface area contributed by atoms with Crippen molar-refractivity contribution in [2.45, 2.75) is 30.6 Å². The quantitative estimate of drug-likeness (QED) is 0.685. The summed E-state index contributed by atoms with van der Waals surface area (Å²) in [6.07, 6.45) is 0.286. The molecule has 0 spiro atoms. The van der Waals surface area contributed by atoms with Gasteiger partial charge in [-0.25, -0.2) is 30.0 Å². The fourth-order valence-corrected chi connectivity index (χ4v) is 9.20. The van der Waals surface area contributed by atoms with Crippen LogP contribution in [0.1, 0.15) is 19.8 Å². The van der Waals surface area contributed by atoms with E-state index in [-0.39, 0.29) is 35.9 Å². The number of sulfonamides is 1. The summed E-state index contributed by atoms with van der Waals surface area (Å²) >= 11 is 0. The van der Waals surface area contributed by atoms with Gasteiger partial charge < -0.3 is 0 Å². The maximum absolute atomic E-state index is 12.1. The van der Waals surface area contributed by atoms with Crippen LogP contribution in [0.2, 0.25) is 0 Å². The Morgan fingerprint density at radius 1 is 1.11 bits per heavy atom. The molecule has 1 N–H and O–H groups in total. The molecule has 2 heterocycles. The number of nitrogens with one attached hydrogen (secondary N) is 1. The van der Waals surface area contributed by atoms with E-state index < -0.39 is 40.5 Å². The minimum absolute atomic E-state index is 0.0466. The van der Waals surface area contributed by atoms with Crippen LogP contribution in [0.25, 0.3) is 0 Å². The van der Waals surface area contributed by atoms with Crippen molar-refractivity contribution < 1.29 is 25.3 Å². The van der Waals surface area contributed by atoms with E-state index >= 15 is 0 Å². The standard InChI is InChI=1S/C9H17NO6S3/c1-9(3-5-18(13,14)7-9)10-19(15,16)8-2-4-17(11,12)6-8/h8,10H,2-7H2,1H3/t8-,9-/m0/s1. The second-order valence-corrected chi connectivity index (χ2v) is 11.9. The maximum atomic E-state index is 12.1. The van der Waals surface area contributed by atoms with Crippen LogP contribution in [0.5, 0.6) is 0 Å². The van der Waals surface area contributed by atoms with E-state index in [4.69, 9.17) is 0 Å². The summed E-state index contributed by atoms with van der Waals surface area (Å²) in [6.45, 7) is 1.54. The number of hydrogen-bond acceptors (Lipinski definition) is 6. The van der Waals surface area contributed by atoms with Gasteiger partial charge in [-0.3, -0.25) is 0 Å². The van der Waals surface area contributed by atoms with Gasteiger partial charge in [0, 0.05) is 5.54 Å². The first kappa shape index (κ1) is 15.2. The fourth-order valence-electron chi connectivity index (χ4n) is 2.52. The molecule has 2 saturated heterocycles. The highest BCUT2D eigenvalue weighted by Gasteiger charge is 2.45. The van der Waals surface area contributed by atoms with Crippen LogP contribution in [-0.4, -0.2) is 59.1 Å². The molecule has 0 amide bonds. The SMILES string of the molecule is C[C@]1(NS(=O)(=O)[C@H]2CCS(=O)(=O)C2)CCS(=O)(=O)C1. The lowest BCUT2D eigenvalue weighted by atomic mass is 10.0. The van der Waals surface area contributed by atoms with Crippen LogP contribution in [0.3, 0.4) is 0 Å². The minimum Gasteiger partial charge on any atom is -0.229 e. The number of sulfone groups is 2. The second-order valence-electron chi connectivity index (χ2n) is 5.57. The maximum Gasteiger partial charge on any atom is 0.216 e. The van der Waals surface area contributed by atoms with Crippen molar-refractivity contribution in [1.29, 1.82) is 0 Å². The average molecular weight is 331 g/mol. The summed E-state index contributed by atoms with van der Waals surface area (Å²) in [4.78, 5) is 0. The van der Waals surface area contributed by atoms with Crippen molar-refractivity contribution in [3.63, 3.8) is 0 Å². The average Bonchev–Trinajstić information content (AvgIpc) is 2.66. The van der Waals surface area contributed by atoms with Crippen LogP contribution < -0.4 is 4.72 Å². The minimum atomic E-state index is -3.82. The van der Waals surface area contributed by atoms with Gasteiger partial charge >= 0.3 is 0 Å². The van der Waals surface area contributed by atoms with Gasteiger partial charge in [0.1, 0.15) is 0 Å². The van der Waals surface area contributed by atoms with E-state index in [1.54, 1.807) is 6.92 Å². The summed E-state index contributed by atoms with van der Waals surface area (Å²) < 4.78 is 72.1. The molecule has 2 rings (SSSR count). The molecule has 7 nitrogen and oxygen atoms in total. The van der Waals surface area contributed by atoms with Gasteiger partial charge in [-0.1, -0.05) is 0 Å². The topological polar surface area (TPSA) is 114 Å². The van der Waals surface area contributed by atoms with Gasteiger partial charge in [0.05, 0.1) is 28.3 Å². The first-order valence-corrected chi connectivity index (χ1v) is 11.1. The molecule has 0 aliphatic carbocycles. The van der Waals surface area contributed by atoms with E-state index in [1.165, 1.54) is 0 Å². The Hall–Kier alpha value is -0.190. The summed E-state index contributed by atoms with van der Waals surface area (Å²) in [7, 11) is -10.3. The molecule has 0 bridgehead atoms. The molecule has 10 heteroatoms. The number of hydrogen-bond donors (Lipinski definition) is 1. The van der Waals surface area contributed by atoms with E-state index in [0.29, 0.717) is 0 Å². The Morgan fingerprint density at radius 3 is 2.16 bits per heavy atom. The van der Waals surface area contributed by atoms with Crippen molar-refractivity contribution in [3.8, 4) is 0 Å². The Morgan fingerprint density at radius 2 is 1.74 bits per heavy atom. The lowest BCUT2D eigenvalue weighted by molar-refractivity contribution is 0.457. The van der Waals surface area contributed by atoms with Crippen molar-refractivity contribution in [3.05, 3.63) is 0 Å². The van der Waals surface area contributed by atoms with Crippen molar-refractivity contribution >= 4 is 29.7 Å². The second kappa shape index (κ2) is 4.40. The fraction of sp³-hybridized carbons (Fsp3) is 1.00. The summed E-state index contributed by atoms with van der Waals surface area (Å²) in [5.74, 6) is -0.799. The van der Waals surface area contributed by atoms with Gasteiger partial charge in [-0.15, -0.1) is 0 Å². The molecule has 0 aromatic rings. The third-order valence-corrected chi connectivity index (χ3v) is 9.46. The molecule has 0 aromatic carbocycles. The molecule has 0 saturated carbocycles. The van der Waals surface area contributed by atoms with Crippen LogP contribution in [0, 0.1) is 0 Å². The van der Waals surface area contributed by atoms with E-state index in [9.17, 15) is 25.3 Å². The van der Waals surface area contributed by atoms with Crippen LogP contribution in [-0.2, 0) is 29.7 Å². The number of rotatable bonds is 3. The molecular weight excluding hydrogens is 314 g/mol. The third-order valence-electron chi connectivity index (χ3n) is 3.52. The first-order valence-electron chi connectivity index (χ1n) is 5.87. The Balaban J connectivity index is 2.15. The molecule has 0 aromatic heterocycles. The molecule has 2 fully saturated rings. The van der Waals surface area contributed by atoms with E-state index in [2.05, 4.69) is 4.72 Å². The molecule has 0 radical (unpaired) electrons. The Bertz CT molecular complexity index is 677. The summed E-state index contributed by atoms with van der Waals surface area (Å²) in [5, 5.41) is -0.974. The summed E-state index contributed by atoms with van der Waals surface area (Å²) in [5.41, 5.74) is -1.02. The largest absolute Gasteiger partial charge is 0.229 e. The van der Waals surface area contributed by atoms with Gasteiger partial charge in [0.25, 0.3) is 0 Å². The predicted molar refractivity (Wildman–Crippen MR) is 70.8 cm³/mol. The first-order chi connectivity index (χ1) is 8.43. The van der Waals surface area contributed by atoms with Crippen molar-refractivity contribution in [2.75, 3.05) is 23.0 Å². The van der Waals surface area contributed by atoms with E-state index in [0.717, 1.165) is 0 Å².